The predicted molar refractivity (Wildman–Crippen MR) is 65.7 cm³/mol. The van der Waals surface area contributed by atoms with Gasteiger partial charge >= 0.3 is 18.5 Å². The van der Waals surface area contributed by atoms with Gasteiger partial charge in [0.05, 0.1) is 0 Å². The number of hydrogen-bond donors (Lipinski definition) is 0. The molecule has 6 heteroatoms. The Morgan fingerprint density at radius 1 is 1.11 bits per heavy atom. The minimum Gasteiger partial charge on any atom is -0.613 e. The third-order valence-corrected chi connectivity index (χ3v) is 3.73. The molecule has 0 amide bonds. The molecule has 0 aliphatic carbocycles. The van der Waals surface area contributed by atoms with Gasteiger partial charge in [-0.05, 0) is 0 Å². The molecule has 2 heterocycles. The van der Waals surface area contributed by atoms with Crippen molar-refractivity contribution in [3.05, 3.63) is 41.7 Å². The lowest BCUT2D eigenvalue weighted by atomic mass is 9.39. The fourth-order valence-corrected chi connectivity index (χ4v) is 2.89. The molecule has 2 fully saturated rings. The molecule has 2 saturated heterocycles. The van der Waals surface area contributed by atoms with Crippen LogP contribution < -0.4 is 0 Å². The Kier molecular flexibility index (Phi) is 2.59. The number of carbonyl (C=O) groups is 3. The van der Waals surface area contributed by atoms with E-state index < -0.39 is 24.3 Å². The Balaban J connectivity index is 2.04. The highest BCUT2D eigenvalue weighted by Gasteiger charge is 2.68. The second-order valence-corrected chi connectivity index (χ2v) is 4.83. The fraction of sp³-hybridized carbons (Fsp3) is 0.231. The topological polar surface area (TPSA) is 69.7 Å². The van der Waals surface area contributed by atoms with Crippen molar-refractivity contribution >= 4 is 24.8 Å². The molecule has 0 N–H and O–H groups in total. The molecule has 0 saturated carbocycles. The van der Waals surface area contributed by atoms with Crippen molar-refractivity contribution in [3.63, 3.8) is 0 Å². The van der Waals surface area contributed by atoms with Gasteiger partial charge < -0.3 is 14.1 Å². The van der Waals surface area contributed by atoms with Crippen molar-refractivity contribution in [1.82, 2.24) is 0 Å². The SMILES string of the molecule is O=C[C@@H](c1ccccc1)[B-]12OC(=O)C[C+]1CC(=O)O2. The standard InChI is InChI=1S/C13H11BO5/c15-8-11(9-4-2-1-3-5-9)14-10(6-12(16)18-14)7-13(17)19-14/h1-5,8,11H,6-7H2/t11-/m0/s1. The zero-order chi connectivity index (χ0) is 13.5. The molecule has 2 aliphatic rings. The van der Waals surface area contributed by atoms with Gasteiger partial charge in [-0.1, -0.05) is 35.9 Å². The molecule has 1 atom stereocenters. The molecule has 1 aromatic rings. The van der Waals surface area contributed by atoms with Crippen LogP contribution in [0.15, 0.2) is 30.3 Å². The van der Waals surface area contributed by atoms with Crippen LogP contribution in [0, 0.1) is 5.82 Å². The predicted octanol–water partition coefficient (Wildman–Crippen LogP) is 0.958. The number of benzene rings is 1. The molecule has 2 aliphatic heterocycles. The quantitative estimate of drug-likeness (QED) is 0.458. The zero-order valence-electron chi connectivity index (χ0n) is 10.1. The summed E-state index contributed by atoms with van der Waals surface area (Å²) in [5, 5.41) is 0. The maximum absolute atomic E-state index is 11.5. The van der Waals surface area contributed by atoms with Gasteiger partial charge in [0.2, 0.25) is 0 Å². The highest BCUT2D eigenvalue weighted by Crippen LogP contribution is 2.47. The van der Waals surface area contributed by atoms with Crippen molar-refractivity contribution in [1.29, 1.82) is 0 Å². The van der Waals surface area contributed by atoms with Crippen LogP contribution in [-0.2, 0) is 23.7 Å². The molecule has 5 nitrogen and oxygen atoms in total. The highest BCUT2D eigenvalue weighted by atomic mass is 16.7. The first kappa shape index (κ1) is 11.8. The van der Waals surface area contributed by atoms with Gasteiger partial charge in [-0.15, -0.1) is 0 Å². The molecule has 96 valence electrons. The van der Waals surface area contributed by atoms with Crippen LogP contribution in [0.3, 0.4) is 0 Å². The average Bonchev–Trinajstić information content (AvgIpc) is 2.82. The number of carbonyl (C=O) groups excluding carboxylic acids is 3. The van der Waals surface area contributed by atoms with Gasteiger partial charge in [-0.25, -0.2) is 0 Å². The van der Waals surface area contributed by atoms with Gasteiger partial charge in [0, 0.05) is 11.6 Å². The van der Waals surface area contributed by atoms with E-state index in [1.54, 1.807) is 24.3 Å². The van der Waals surface area contributed by atoms with Gasteiger partial charge in [-0.3, -0.25) is 9.59 Å². The van der Waals surface area contributed by atoms with Gasteiger partial charge in [0.25, 0.3) is 0 Å². The van der Waals surface area contributed by atoms with E-state index in [1.807, 2.05) is 6.07 Å². The number of fused-ring (bicyclic) bond motifs is 1. The van der Waals surface area contributed by atoms with Crippen LogP contribution in [0.2, 0.25) is 0 Å². The van der Waals surface area contributed by atoms with E-state index in [2.05, 4.69) is 0 Å². The van der Waals surface area contributed by atoms with Crippen molar-refractivity contribution in [2.45, 2.75) is 18.7 Å². The first-order chi connectivity index (χ1) is 9.15. The average molecular weight is 258 g/mol. The Morgan fingerprint density at radius 2 is 1.68 bits per heavy atom. The highest BCUT2D eigenvalue weighted by molar-refractivity contribution is 6.82. The number of aldehydes is 1. The third-order valence-electron chi connectivity index (χ3n) is 3.73. The lowest BCUT2D eigenvalue weighted by Gasteiger charge is -2.29. The first-order valence-electron chi connectivity index (χ1n) is 6.09. The molecule has 19 heavy (non-hydrogen) atoms. The Morgan fingerprint density at radius 3 is 2.21 bits per heavy atom. The van der Waals surface area contributed by atoms with Gasteiger partial charge in [0.1, 0.15) is 19.1 Å². The number of rotatable bonds is 3. The van der Waals surface area contributed by atoms with Crippen LogP contribution >= 0.6 is 0 Å². The second-order valence-electron chi connectivity index (χ2n) is 4.83. The minimum atomic E-state index is -2.30. The third kappa shape index (κ3) is 1.71. The lowest BCUT2D eigenvalue weighted by molar-refractivity contribution is -0.138. The van der Waals surface area contributed by atoms with Crippen LogP contribution in [-0.4, -0.2) is 24.8 Å². The summed E-state index contributed by atoms with van der Waals surface area (Å²) < 4.78 is 10.5. The molecule has 0 aromatic heterocycles. The fourth-order valence-electron chi connectivity index (χ4n) is 2.89. The summed E-state index contributed by atoms with van der Waals surface area (Å²) in [6.45, 7) is -2.30. The Bertz CT molecular complexity index is 521. The van der Waals surface area contributed by atoms with Crippen LogP contribution in [0.1, 0.15) is 24.2 Å². The maximum Gasteiger partial charge on any atom is 0.573 e. The Hall–Kier alpha value is -2.24. The summed E-state index contributed by atoms with van der Waals surface area (Å²) in [5.74, 6) is -1.04. The van der Waals surface area contributed by atoms with Crippen molar-refractivity contribution < 1.29 is 23.7 Å². The molecule has 1 aromatic carbocycles. The summed E-state index contributed by atoms with van der Waals surface area (Å²) in [6.07, 6.45) is 0.804. The monoisotopic (exact) mass is 258 g/mol. The van der Waals surface area contributed by atoms with E-state index in [1.165, 1.54) is 0 Å². The molecule has 0 bridgehead atoms. The van der Waals surface area contributed by atoms with Crippen LogP contribution in [0.5, 0.6) is 0 Å². The second kappa shape index (κ2) is 4.15. The molecular formula is C13H11BO5. The maximum atomic E-state index is 11.5. The van der Waals surface area contributed by atoms with E-state index in [9.17, 15) is 14.4 Å². The minimum absolute atomic E-state index is 0.0584. The summed E-state index contributed by atoms with van der Waals surface area (Å²) >= 11 is 0. The lowest BCUT2D eigenvalue weighted by Crippen LogP contribution is -2.47. The number of hydrogen-bond acceptors (Lipinski definition) is 5. The molecule has 0 unspecified atom stereocenters. The molecule has 0 radical (unpaired) electrons. The smallest absolute Gasteiger partial charge is 0.573 e. The van der Waals surface area contributed by atoms with E-state index in [0.717, 1.165) is 0 Å². The molecular weight excluding hydrogens is 247 g/mol. The molecule has 3 rings (SSSR count). The summed E-state index contributed by atoms with van der Waals surface area (Å²) in [4.78, 5) is 34.4. The normalized spacial score (nSPS) is 21.6. The van der Waals surface area contributed by atoms with E-state index >= 15 is 0 Å². The van der Waals surface area contributed by atoms with Gasteiger partial charge in [0.15, 0.2) is 0 Å². The first-order valence-corrected chi connectivity index (χ1v) is 6.09. The van der Waals surface area contributed by atoms with Crippen molar-refractivity contribution in [3.8, 4) is 0 Å². The van der Waals surface area contributed by atoms with Crippen molar-refractivity contribution in [2.24, 2.45) is 0 Å². The summed E-state index contributed by atoms with van der Waals surface area (Å²) in [6, 6.07) is 8.90. The van der Waals surface area contributed by atoms with E-state index in [0.29, 0.717) is 17.7 Å². The van der Waals surface area contributed by atoms with Crippen molar-refractivity contribution in [2.75, 3.05) is 0 Å². The molecule has 0 spiro atoms. The van der Waals surface area contributed by atoms with Crippen LogP contribution in [0.4, 0.5) is 0 Å². The van der Waals surface area contributed by atoms with Crippen LogP contribution in [0.25, 0.3) is 0 Å². The zero-order valence-corrected chi connectivity index (χ0v) is 10.1. The largest absolute Gasteiger partial charge is 0.613 e. The van der Waals surface area contributed by atoms with E-state index in [4.69, 9.17) is 9.31 Å². The van der Waals surface area contributed by atoms with E-state index in [-0.39, 0.29) is 12.8 Å². The summed E-state index contributed by atoms with van der Waals surface area (Å²) in [5.41, 5.74) is 0.680. The Labute approximate surface area is 109 Å². The summed E-state index contributed by atoms with van der Waals surface area (Å²) in [7, 11) is 0. The van der Waals surface area contributed by atoms with Gasteiger partial charge in [-0.2, -0.15) is 0 Å².